The van der Waals surface area contributed by atoms with Gasteiger partial charge in [-0.25, -0.2) is 0 Å². The minimum Gasteiger partial charge on any atom is -0.374 e. The van der Waals surface area contributed by atoms with Crippen LogP contribution in [0.15, 0.2) is 0 Å². The molecule has 0 atom stereocenters. The van der Waals surface area contributed by atoms with Gasteiger partial charge in [0.2, 0.25) is 0 Å². The third-order valence-corrected chi connectivity index (χ3v) is 2.45. The molecule has 0 aliphatic carbocycles. The van der Waals surface area contributed by atoms with Gasteiger partial charge in [0.25, 0.3) is 0 Å². The van der Waals surface area contributed by atoms with Crippen LogP contribution in [0.2, 0.25) is 0 Å². The Labute approximate surface area is 93.3 Å². The van der Waals surface area contributed by atoms with Gasteiger partial charge in [0.1, 0.15) is 0 Å². The molecular formula is C6H5F9OS. The van der Waals surface area contributed by atoms with E-state index in [0.29, 0.717) is 0 Å². The molecule has 1 nitrogen and oxygen atoms in total. The Morgan fingerprint density at radius 3 is 1.53 bits per heavy atom. The summed E-state index contributed by atoms with van der Waals surface area (Å²) in [5.41, 5.74) is 0. The van der Waals surface area contributed by atoms with Gasteiger partial charge in [-0.1, -0.05) is 11.8 Å². The van der Waals surface area contributed by atoms with E-state index in [2.05, 4.69) is 4.74 Å². The van der Waals surface area contributed by atoms with E-state index in [-0.39, 0.29) is 0 Å². The molecule has 104 valence electrons. The number of halogens is 9. The van der Waals surface area contributed by atoms with E-state index >= 15 is 0 Å². The molecule has 11 heteroatoms. The lowest BCUT2D eigenvalue weighted by atomic mass is 10.1. The molecule has 0 saturated carbocycles. The summed E-state index contributed by atoms with van der Waals surface area (Å²) in [5, 5.41) is -5.62. The standard InChI is InChI=1S/C6H5F9OS/c1-16-2-17-6(14,15)4(9,10)3(7,8)5(11,12)13/h2H2,1H3. The maximum atomic E-state index is 12.6. The first-order valence-corrected chi connectivity index (χ1v) is 4.63. The molecule has 0 spiro atoms. The number of alkyl halides is 9. The molecule has 0 amide bonds. The fourth-order valence-electron chi connectivity index (χ4n) is 0.584. The molecule has 0 unspecified atom stereocenters. The van der Waals surface area contributed by atoms with Crippen LogP contribution >= 0.6 is 11.8 Å². The van der Waals surface area contributed by atoms with Crippen LogP contribution in [0.4, 0.5) is 39.5 Å². The van der Waals surface area contributed by atoms with Crippen LogP contribution in [0.5, 0.6) is 0 Å². The molecule has 0 rings (SSSR count). The second-order valence-corrected chi connectivity index (χ2v) is 3.75. The van der Waals surface area contributed by atoms with E-state index in [1.807, 2.05) is 0 Å². The Hall–Kier alpha value is -0.320. The van der Waals surface area contributed by atoms with Gasteiger partial charge in [0.05, 0.1) is 5.94 Å². The third kappa shape index (κ3) is 2.92. The van der Waals surface area contributed by atoms with E-state index in [0.717, 1.165) is 7.11 Å². The molecule has 0 heterocycles. The monoisotopic (exact) mass is 296 g/mol. The van der Waals surface area contributed by atoms with Crippen LogP contribution in [-0.2, 0) is 4.74 Å². The van der Waals surface area contributed by atoms with Crippen molar-refractivity contribution in [2.75, 3.05) is 13.0 Å². The summed E-state index contributed by atoms with van der Waals surface area (Å²) in [5.74, 6) is -14.6. The number of thioether (sulfide) groups is 1. The zero-order chi connectivity index (χ0) is 14.1. The van der Waals surface area contributed by atoms with E-state index in [4.69, 9.17) is 0 Å². The number of ether oxygens (including phenoxy) is 1. The highest BCUT2D eigenvalue weighted by molar-refractivity contribution is 8.00. The summed E-state index contributed by atoms with van der Waals surface area (Å²) in [4.78, 5) is 0. The predicted octanol–water partition coefficient (Wildman–Crippen LogP) is 3.75. The van der Waals surface area contributed by atoms with Gasteiger partial charge in [-0.3, -0.25) is 0 Å². The zero-order valence-corrected chi connectivity index (χ0v) is 8.74. The van der Waals surface area contributed by atoms with Gasteiger partial charge >= 0.3 is 23.3 Å². The Morgan fingerprint density at radius 2 is 1.24 bits per heavy atom. The maximum Gasteiger partial charge on any atom is 0.460 e. The SMILES string of the molecule is COCSC(F)(F)C(F)(F)C(F)(F)C(F)(F)F. The van der Waals surface area contributed by atoms with Gasteiger partial charge in [-0.05, 0) is 0 Å². The first kappa shape index (κ1) is 16.7. The van der Waals surface area contributed by atoms with Crippen LogP contribution in [-0.4, -0.2) is 36.3 Å². The van der Waals surface area contributed by atoms with Crippen molar-refractivity contribution < 1.29 is 44.3 Å². The number of hydrogen-bond acceptors (Lipinski definition) is 2. The molecule has 0 aromatic rings. The topological polar surface area (TPSA) is 9.23 Å². The van der Waals surface area contributed by atoms with Crippen molar-refractivity contribution in [3.05, 3.63) is 0 Å². The molecule has 0 fully saturated rings. The second-order valence-electron chi connectivity index (χ2n) is 2.71. The Bertz CT molecular complexity index is 261. The summed E-state index contributed by atoms with van der Waals surface area (Å²) in [6, 6.07) is 0. The molecule has 0 N–H and O–H groups in total. The molecule has 0 bridgehead atoms. The summed E-state index contributed by atoms with van der Waals surface area (Å²) in [6.07, 6.45) is -6.78. The smallest absolute Gasteiger partial charge is 0.374 e. The maximum absolute atomic E-state index is 12.6. The highest BCUT2D eigenvalue weighted by Gasteiger charge is 2.81. The van der Waals surface area contributed by atoms with Crippen LogP contribution < -0.4 is 0 Å². The summed E-state index contributed by atoms with van der Waals surface area (Å²) in [6.45, 7) is 0. The van der Waals surface area contributed by atoms with Crippen molar-refractivity contribution in [1.29, 1.82) is 0 Å². The van der Waals surface area contributed by atoms with E-state index < -0.39 is 41.0 Å². The van der Waals surface area contributed by atoms with E-state index in [1.165, 1.54) is 0 Å². The number of methoxy groups -OCH3 is 1. The molecule has 17 heavy (non-hydrogen) atoms. The molecule has 0 aliphatic heterocycles. The molecule has 0 aromatic heterocycles. The van der Waals surface area contributed by atoms with Gasteiger partial charge in [0.15, 0.2) is 0 Å². The summed E-state index contributed by atoms with van der Waals surface area (Å²) in [7, 11) is 0.781. The van der Waals surface area contributed by atoms with Crippen LogP contribution in [0.1, 0.15) is 0 Å². The summed E-state index contributed by atoms with van der Waals surface area (Å²) < 4.78 is 113. The average Bonchev–Trinajstić information content (AvgIpc) is 2.12. The molecule has 0 aliphatic rings. The lowest BCUT2D eigenvalue weighted by Crippen LogP contribution is -2.59. The fourth-order valence-corrected chi connectivity index (χ4v) is 1.16. The second kappa shape index (κ2) is 4.75. The first-order chi connectivity index (χ1) is 7.31. The molecular weight excluding hydrogens is 291 g/mol. The minimum atomic E-state index is -6.84. The molecule has 0 aromatic carbocycles. The Kier molecular flexibility index (Phi) is 4.66. The minimum absolute atomic E-state index is 0.781. The summed E-state index contributed by atoms with van der Waals surface area (Å²) >= 11 is -1.16. The lowest BCUT2D eigenvalue weighted by Gasteiger charge is -2.32. The fraction of sp³-hybridized carbons (Fsp3) is 1.00. The molecule has 0 saturated heterocycles. The Balaban J connectivity index is 5.24. The predicted molar refractivity (Wildman–Crippen MR) is 40.4 cm³/mol. The van der Waals surface area contributed by atoms with Crippen molar-refractivity contribution in [3.8, 4) is 0 Å². The average molecular weight is 296 g/mol. The van der Waals surface area contributed by atoms with Gasteiger partial charge in [0, 0.05) is 7.11 Å². The number of rotatable bonds is 5. The van der Waals surface area contributed by atoms with Crippen LogP contribution in [0, 0.1) is 0 Å². The van der Waals surface area contributed by atoms with Crippen molar-refractivity contribution in [2.45, 2.75) is 23.3 Å². The van der Waals surface area contributed by atoms with Gasteiger partial charge in [-0.15, -0.1) is 0 Å². The van der Waals surface area contributed by atoms with Crippen molar-refractivity contribution in [2.24, 2.45) is 0 Å². The highest BCUT2D eigenvalue weighted by Crippen LogP contribution is 2.56. The normalized spacial score (nSPS) is 15.2. The third-order valence-electron chi connectivity index (χ3n) is 1.47. The molecule has 0 radical (unpaired) electrons. The van der Waals surface area contributed by atoms with Gasteiger partial charge in [-0.2, -0.15) is 39.5 Å². The zero-order valence-electron chi connectivity index (χ0n) is 7.93. The van der Waals surface area contributed by atoms with Crippen LogP contribution in [0.3, 0.4) is 0 Å². The van der Waals surface area contributed by atoms with E-state index in [9.17, 15) is 39.5 Å². The van der Waals surface area contributed by atoms with Crippen molar-refractivity contribution in [1.82, 2.24) is 0 Å². The first-order valence-electron chi connectivity index (χ1n) is 3.64. The van der Waals surface area contributed by atoms with E-state index in [1.54, 1.807) is 0 Å². The lowest BCUT2D eigenvalue weighted by molar-refractivity contribution is -0.381. The van der Waals surface area contributed by atoms with Gasteiger partial charge < -0.3 is 4.74 Å². The largest absolute Gasteiger partial charge is 0.460 e. The van der Waals surface area contributed by atoms with Crippen LogP contribution in [0.25, 0.3) is 0 Å². The van der Waals surface area contributed by atoms with Crippen molar-refractivity contribution >= 4 is 11.8 Å². The Morgan fingerprint density at radius 1 is 0.824 bits per heavy atom. The number of hydrogen-bond donors (Lipinski definition) is 0. The highest BCUT2D eigenvalue weighted by atomic mass is 32.2. The quantitative estimate of drug-likeness (QED) is 0.564. The van der Waals surface area contributed by atoms with Crippen molar-refractivity contribution in [3.63, 3.8) is 0 Å².